The normalized spacial score (nSPS) is 21.2. The number of carbonyl (C=O) groups excluding carboxylic acids is 2. The first kappa shape index (κ1) is 30.5. The molecule has 12 nitrogen and oxygen atoms in total. The van der Waals surface area contributed by atoms with Gasteiger partial charge >= 0.3 is 17.8 Å². The fraction of sp³-hybridized carbons (Fsp3) is 0.367. The number of hydrogen-bond donors (Lipinski definition) is 3. The lowest BCUT2D eigenvalue weighted by Gasteiger charge is -2.19. The number of ether oxygens (including phenoxy) is 4. The van der Waals surface area contributed by atoms with E-state index in [2.05, 4.69) is 6.30 Å². The van der Waals surface area contributed by atoms with Crippen LogP contribution in [-0.2, 0) is 19.0 Å². The molecule has 0 radical (unpaired) electrons. The van der Waals surface area contributed by atoms with E-state index in [-0.39, 0.29) is 12.5 Å². The van der Waals surface area contributed by atoms with Crippen LogP contribution in [0.5, 0.6) is 5.75 Å². The summed E-state index contributed by atoms with van der Waals surface area (Å²) in [6, 6.07) is 15.5. The molecular formula is C30H33N2O10P. The number of fused-ring (bicyclic) bond motifs is 3. The predicted octanol–water partition coefficient (Wildman–Crippen LogP) is 2.13. The molecule has 3 aromatic rings. The van der Waals surface area contributed by atoms with E-state index in [1.807, 2.05) is 66.8 Å². The Labute approximate surface area is 246 Å². The fourth-order valence-electron chi connectivity index (χ4n) is 5.31. The molecular weight excluding hydrogens is 579 g/mol. The van der Waals surface area contributed by atoms with Gasteiger partial charge in [-0.25, -0.2) is 14.4 Å². The van der Waals surface area contributed by atoms with Gasteiger partial charge in [0.1, 0.15) is 18.8 Å². The maximum Gasteiger partial charge on any atom is 0.516 e. The number of hydrogen-bond acceptors (Lipinski definition) is 10. The maximum atomic E-state index is 12.5. The van der Waals surface area contributed by atoms with E-state index in [0.29, 0.717) is 12.6 Å². The number of nitrogens with one attached hydrogen (secondary N) is 1. The van der Waals surface area contributed by atoms with Crippen LogP contribution < -0.4 is 16.0 Å². The molecule has 0 spiro atoms. The van der Waals surface area contributed by atoms with Crippen molar-refractivity contribution in [2.24, 2.45) is 0 Å². The molecule has 2 aromatic carbocycles. The summed E-state index contributed by atoms with van der Waals surface area (Å²) < 4.78 is 21.8. The second-order valence-electron chi connectivity index (χ2n) is 11.2. The highest BCUT2D eigenvalue weighted by Gasteiger charge is 2.44. The molecule has 5 rings (SSSR count). The average molecular weight is 613 g/mol. The molecule has 0 bridgehead atoms. The molecule has 0 amide bonds. The van der Waals surface area contributed by atoms with Crippen molar-refractivity contribution in [1.29, 1.82) is 0 Å². The SMILES string of the molecule is C=P(C)(C)CC[C@H]1O[C@@H](n2cc(OCC(=O)OC(=O)OCC3c4ccccc4-c4ccccc43)c(=O)[nH]c2=O)[C@H](O)[C@@H]1O. The largest absolute Gasteiger partial charge is 0.516 e. The van der Waals surface area contributed by atoms with Crippen molar-refractivity contribution in [3.8, 4) is 16.9 Å². The second-order valence-corrected chi connectivity index (χ2v) is 15.5. The summed E-state index contributed by atoms with van der Waals surface area (Å²) in [4.78, 5) is 51.4. The number of aromatic nitrogens is 2. The van der Waals surface area contributed by atoms with Gasteiger partial charge in [0.15, 0.2) is 12.8 Å². The molecule has 0 unspecified atom stereocenters. The van der Waals surface area contributed by atoms with Gasteiger partial charge < -0.3 is 29.2 Å². The molecule has 4 atom stereocenters. The van der Waals surface area contributed by atoms with E-state index in [1.54, 1.807) is 0 Å². The van der Waals surface area contributed by atoms with Crippen molar-refractivity contribution in [2.45, 2.75) is 36.9 Å². The van der Waals surface area contributed by atoms with Gasteiger partial charge in [-0.1, -0.05) is 48.5 Å². The first-order valence-electron chi connectivity index (χ1n) is 13.7. The Morgan fingerprint density at radius 1 is 1.02 bits per heavy atom. The van der Waals surface area contributed by atoms with Crippen molar-refractivity contribution in [3.05, 3.63) is 86.7 Å². The quantitative estimate of drug-likeness (QED) is 0.185. The number of H-pyrrole nitrogens is 1. The summed E-state index contributed by atoms with van der Waals surface area (Å²) in [5.74, 6) is -1.84. The third kappa shape index (κ3) is 6.67. The van der Waals surface area contributed by atoms with E-state index < -0.39 is 67.2 Å². The van der Waals surface area contributed by atoms with Crippen LogP contribution in [0.25, 0.3) is 11.1 Å². The van der Waals surface area contributed by atoms with Crippen molar-refractivity contribution < 1.29 is 38.7 Å². The minimum absolute atomic E-state index is 0.0593. The maximum absolute atomic E-state index is 12.5. The lowest BCUT2D eigenvalue weighted by atomic mass is 9.98. The minimum Gasteiger partial charge on any atom is -0.475 e. The molecule has 1 aromatic heterocycles. The Balaban J connectivity index is 1.18. The van der Waals surface area contributed by atoms with Crippen molar-refractivity contribution in [1.82, 2.24) is 9.55 Å². The lowest BCUT2D eigenvalue weighted by Crippen LogP contribution is -2.38. The molecule has 2 heterocycles. The first-order chi connectivity index (χ1) is 20.4. The van der Waals surface area contributed by atoms with Gasteiger partial charge in [0, 0.05) is 5.92 Å². The second kappa shape index (κ2) is 12.3. The molecule has 13 heteroatoms. The molecule has 0 saturated carbocycles. The Hall–Kier alpha value is -3.96. The van der Waals surface area contributed by atoms with Gasteiger partial charge in [-0.3, -0.25) is 14.3 Å². The molecule has 1 aliphatic carbocycles. The molecule has 43 heavy (non-hydrogen) atoms. The zero-order valence-corrected chi connectivity index (χ0v) is 24.6. The van der Waals surface area contributed by atoms with Crippen LogP contribution in [0.4, 0.5) is 4.79 Å². The van der Waals surface area contributed by atoms with Crippen molar-refractivity contribution >= 4 is 25.3 Å². The number of aliphatic hydroxyl groups is 2. The lowest BCUT2D eigenvalue weighted by molar-refractivity contribution is -0.142. The van der Waals surface area contributed by atoms with E-state index in [4.69, 9.17) is 18.9 Å². The van der Waals surface area contributed by atoms with Crippen LogP contribution in [0.15, 0.2) is 64.3 Å². The fourth-order valence-corrected chi connectivity index (χ4v) is 6.27. The van der Waals surface area contributed by atoms with E-state index in [1.165, 1.54) is 0 Å². The first-order valence-corrected chi connectivity index (χ1v) is 16.7. The predicted molar refractivity (Wildman–Crippen MR) is 159 cm³/mol. The van der Waals surface area contributed by atoms with Crippen LogP contribution in [-0.4, -0.2) is 89.2 Å². The summed E-state index contributed by atoms with van der Waals surface area (Å²) in [6.07, 6.45) is 0.151. The third-order valence-corrected chi connectivity index (χ3v) is 8.91. The molecule has 3 N–H and O–H groups in total. The van der Waals surface area contributed by atoms with Crippen LogP contribution in [0.1, 0.15) is 29.7 Å². The van der Waals surface area contributed by atoms with Crippen LogP contribution in [0.3, 0.4) is 0 Å². The summed E-state index contributed by atoms with van der Waals surface area (Å²) in [6.45, 7) is 1.71. The Morgan fingerprint density at radius 2 is 1.65 bits per heavy atom. The standard InChI is InChI=1S/C30H33N2O10P/c1-43(2,3)13-12-22-25(34)26(35)28(41-22)32-14-23(27(36)31-29(32)37)39-16-24(33)42-30(38)40-15-21-19-10-6-4-8-17(19)18-9-5-7-11-20(18)21/h4-11,14,21-22,25-26,28,34-35H,1,12-13,15-16H2,2-3H3,(H,31,36,37)/t22-,25-,26-,28-/m1/s1. The zero-order valence-electron chi connectivity index (χ0n) is 23.7. The van der Waals surface area contributed by atoms with Gasteiger partial charge in [0.2, 0.25) is 5.75 Å². The minimum atomic E-state index is -1.47. The molecule has 1 fully saturated rings. The van der Waals surface area contributed by atoms with Gasteiger partial charge in [-0.15, -0.1) is 13.2 Å². The van der Waals surface area contributed by atoms with Crippen LogP contribution in [0, 0.1) is 0 Å². The molecule has 1 aliphatic heterocycles. The summed E-state index contributed by atoms with van der Waals surface area (Å²) in [5.41, 5.74) is 2.19. The van der Waals surface area contributed by atoms with E-state index in [9.17, 15) is 29.4 Å². The topological polar surface area (TPSA) is 166 Å². The molecule has 1 saturated heterocycles. The number of carbonyl (C=O) groups is 2. The highest BCUT2D eigenvalue weighted by Crippen LogP contribution is 2.44. The third-order valence-electron chi connectivity index (χ3n) is 7.44. The van der Waals surface area contributed by atoms with Gasteiger partial charge in [-0.2, -0.15) is 0 Å². The number of esters is 1. The van der Waals surface area contributed by atoms with E-state index in [0.717, 1.165) is 33.0 Å². The monoisotopic (exact) mass is 612 g/mol. The summed E-state index contributed by atoms with van der Waals surface area (Å²) in [7, 11) is 0. The van der Waals surface area contributed by atoms with E-state index >= 15 is 0 Å². The van der Waals surface area contributed by atoms with Gasteiger partial charge in [0.05, 0.1) is 12.3 Å². The van der Waals surface area contributed by atoms with Crippen LogP contribution in [0.2, 0.25) is 0 Å². The number of aliphatic hydroxyl groups excluding tert-OH is 2. The van der Waals surface area contributed by atoms with Crippen molar-refractivity contribution in [3.63, 3.8) is 0 Å². The average Bonchev–Trinajstić information content (AvgIpc) is 3.43. The van der Waals surface area contributed by atoms with Crippen molar-refractivity contribution in [2.75, 3.05) is 32.7 Å². The van der Waals surface area contributed by atoms with Crippen LogP contribution >= 0.6 is 6.89 Å². The number of rotatable bonds is 9. The molecule has 2 aliphatic rings. The zero-order chi connectivity index (χ0) is 30.9. The Morgan fingerprint density at radius 3 is 2.28 bits per heavy atom. The highest BCUT2D eigenvalue weighted by molar-refractivity contribution is 7.72. The summed E-state index contributed by atoms with van der Waals surface area (Å²) in [5, 5.41) is 21.0. The van der Waals surface area contributed by atoms with Gasteiger partial charge in [0.25, 0.3) is 5.56 Å². The van der Waals surface area contributed by atoms with Gasteiger partial charge in [-0.05, 0) is 48.2 Å². The Bertz CT molecular complexity index is 1650. The highest BCUT2D eigenvalue weighted by atomic mass is 31.2. The summed E-state index contributed by atoms with van der Waals surface area (Å²) >= 11 is 0. The molecule has 228 valence electrons. The Kier molecular flexibility index (Phi) is 8.75. The number of aromatic amines is 1. The number of benzene rings is 2. The number of nitrogens with zero attached hydrogens (tertiary/aromatic N) is 1. The smallest absolute Gasteiger partial charge is 0.475 e.